The van der Waals surface area contributed by atoms with Crippen LogP contribution in [-0.2, 0) is 19.8 Å². The van der Waals surface area contributed by atoms with Crippen LogP contribution in [0.15, 0.2) is 83.3 Å². The van der Waals surface area contributed by atoms with Gasteiger partial charge in [-0.15, -0.1) is 0 Å². The molecule has 2 amide bonds. The Morgan fingerprint density at radius 2 is 1.53 bits per heavy atom. The Balaban J connectivity index is 1.73. The van der Waals surface area contributed by atoms with E-state index in [0.717, 1.165) is 0 Å². The lowest BCUT2D eigenvalue weighted by Gasteiger charge is -2.31. The maximum absolute atomic E-state index is 13.6. The van der Waals surface area contributed by atoms with Crippen LogP contribution in [0.1, 0.15) is 17.5 Å². The van der Waals surface area contributed by atoms with E-state index in [9.17, 15) is 14.4 Å². The predicted molar refractivity (Wildman–Crippen MR) is 114 cm³/mol. The molecule has 0 aliphatic carbocycles. The number of fused-ring (bicyclic) bond motifs is 1. The molecular weight excluding hydrogens is 446 g/mol. The van der Waals surface area contributed by atoms with Gasteiger partial charge in [-0.3, -0.25) is 19.3 Å². The highest BCUT2D eigenvalue weighted by molar-refractivity contribution is 9.10. The van der Waals surface area contributed by atoms with Gasteiger partial charge in [-0.05, 0) is 39.7 Å². The number of amides is 2. The number of imide groups is 1. The van der Waals surface area contributed by atoms with Gasteiger partial charge in [-0.2, -0.15) is 0 Å². The summed E-state index contributed by atoms with van der Waals surface area (Å²) in [4.78, 5) is 41.2. The summed E-state index contributed by atoms with van der Waals surface area (Å²) in [5.41, 5.74) is 0.331. The van der Waals surface area contributed by atoms with E-state index in [1.165, 1.54) is 4.90 Å². The van der Waals surface area contributed by atoms with Crippen LogP contribution < -0.4 is 9.64 Å². The molecule has 2 aliphatic heterocycles. The van der Waals surface area contributed by atoms with Crippen LogP contribution in [0.2, 0.25) is 0 Å². The van der Waals surface area contributed by atoms with Crippen molar-refractivity contribution >= 4 is 39.4 Å². The van der Waals surface area contributed by atoms with E-state index in [1.54, 1.807) is 54.6 Å². The first-order valence-electron chi connectivity index (χ1n) is 9.53. The lowest BCUT2D eigenvalue weighted by molar-refractivity contribution is -0.141. The molecule has 1 saturated heterocycles. The maximum Gasteiger partial charge on any atom is 0.327 e. The van der Waals surface area contributed by atoms with Crippen LogP contribution in [0.3, 0.4) is 0 Å². The summed E-state index contributed by atoms with van der Waals surface area (Å²) in [6.45, 7) is 0. The molecule has 0 N–H and O–H groups in total. The number of para-hydroxylation sites is 2. The number of ether oxygens (including phenoxy) is 1. The van der Waals surface area contributed by atoms with Crippen molar-refractivity contribution in [1.82, 2.24) is 0 Å². The van der Waals surface area contributed by atoms with Gasteiger partial charge in [0, 0.05) is 12.0 Å². The maximum atomic E-state index is 13.6. The van der Waals surface area contributed by atoms with Crippen molar-refractivity contribution in [2.75, 3.05) is 4.90 Å². The molecule has 0 spiro atoms. The second-order valence-electron chi connectivity index (χ2n) is 7.34. The lowest BCUT2D eigenvalue weighted by Crippen LogP contribution is -2.46. The third-order valence-corrected chi connectivity index (χ3v) is 6.45. The molecule has 0 bridgehead atoms. The minimum atomic E-state index is -1.39. The van der Waals surface area contributed by atoms with E-state index in [4.69, 9.17) is 4.74 Å². The molecular formula is C24H16BrNO4. The van der Waals surface area contributed by atoms with Crippen molar-refractivity contribution in [1.29, 1.82) is 0 Å². The Hall–Kier alpha value is -3.25. The zero-order chi connectivity index (χ0) is 20.9. The summed E-state index contributed by atoms with van der Waals surface area (Å²) in [6.07, 6.45) is -0.0797. The third-order valence-electron chi connectivity index (χ3n) is 5.82. The monoisotopic (exact) mass is 461 g/mol. The summed E-state index contributed by atoms with van der Waals surface area (Å²) in [7, 11) is 0. The molecule has 30 heavy (non-hydrogen) atoms. The van der Waals surface area contributed by atoms with Gasteiger partial charge in [0.05, 0.1) is 16.1 Å². The molecule has 2 heterocycles. The Morgan fingerprint density at radius 3 is 2.23 bits per heavy atom. The zero-order valence-electron chi connectivity index (χ0n) is 15.7. The SMILES string of the molecule is O=C1C[C@@H]([C@@]2(c3ccccc3)C(=O)Oc3c(Br)cccc32)C(=O)N1c1ccccc1. The number of hydrogen-bond donors (Lipinski definition) is 0. The fourth-order valence-electron chi connectivity index (χ4n) is 4.53. The van der Waals surface area contributed by atoms with Crippen molar-refractivity contribution in [3.05, 3.63) is 94.5 Å². The van der Waals surface area contributed by atoms with Gasteiger partial charge >= 0.3 is 5.97 Å². The molecule has 5 rings (SSSR count). The van der Waals surface area contributed by atoms with E-state index in [2.05, 4.69) is 15.9 Å². The molecule has 1 fully saturated rings. The number of carbonyl (C=O) groups excluding carboxylic acids is 3. The van der Waals surface area contributed by atoms with Gasteiger partial charge in [0.25, 0.3) is 0 Å². The Kier molecular flexibility index (Phi) is 4.33. The first-order chi connectivity index (χ1) is 14.5. The van der Waals surface area contributed by atoms with Gasteiger partial charge < -0.3 is 4.74 Å². The van der Waals surface area contributed by atoms with Crippen LogP contribution in [0.25, 0.3) is 0 Å². The summed E-state index contributed by atoms with van der Waals surface area (Å²) in [5.74, 6) is -1.79. The van der Waals surface area contributed by atoms with Crippen molar-refractivity contribution in [2.24, 2.45) is 5.92 Å². The van der Waals surface area contributed by atoms with Crippen LogP contribution >= 0.6 is 15.9 Å². The van der Waals surface area contributed by atoms with Crippen molar-refractivity contribution < 1.29 is 19.1 Å². The molecule has 3 aromatic carbocycles. The highest BCUT2D eigenvalue weighted by Crippen LogP contribution is 2.54. The topological polar surface area (TPSA) is 63.7 Å². The van der Waals surface area contributed by atoms with E-state index in [0.29, 0.717) is 27.0 Å². The molecule has 5 nitrogen and oxygen atoms in total. The number of hydrogen-bond acceptors (Lipinski definition) is 4. The first kappa shape index (κ1) is 18.8. The molecule has 0 unspecified atom stereocenters. The Labute approximate surface area is 181 Å². The second kappa shape index (κ2) is 6.92. The molecule has 0 radical (unpaired) electrons. The third kappa shape index (κ3) is 2.50. The van der Waals surface area contributed by atoms with E-state index in [-0.39, 0.29) is 12.3 Å². The van der Waals surface area contributed by atoms with Crippen LogP contribution in [0, 0.1) is 5.92 Å². The van der Waals surface area contributed by atoms with Gasteiger partial charge in [0.15, 0.2) is 0 Å². The number of anilines is 1. The van der Waals surface area contributed by atoms with Gasteiger partial charge in [-0.25, -0.2) is 0 Å². The minimum Gasteiger partial charge on any atom is -0.424 e. The number of nitrogens with zero attached hydrogens (tertiary/aromatic N) is 1. The summed E-state index contributed by atoms with van der Waals surface area (Å²) in [6, 6.07) is 23.3. The Morgan fingerprint density at radius 1 is 0.867 bits per heavy atom. The highest BCUT2D eigenvalue weighted by atomic mass is 79.9. The van der Waals surface area contributed by atoms with Crippen LogP contribution in [-0.4, -0.2) is 17.8 Å². The van der Waals surface area contributed by atoms with Gasteiger partial charge in [0.2, 0.25) is 11.8 Å². The standard InChI is InChI=1S/C24H16BrNO4/c25-19-13-7-12-17-21(19)30-23(29)24(17,15-8-3-1-4-9-15)18-14-20(27)26(22(18)28)16-10-5-2-6-11-16/h1-13,18H,14H2/t18-,24+/m1/s1. The summed E-state index contributed by atoms with van der Waals surface area (Å²) in [5, 5.41) is 0. The zero-order valence-corrected chi connectivity index (χ0v) is 17.3. The molecule has 2 atom stereocenters. The van der Waals surface area contributed by atoms with Crippen LogP contribution in [0.4, 0.5) is 5.69 Å². The highest BCUT2D eigenvalue weighted by Gasteiger charge is 2.62. The van der Waals surface area contributed by atoms with E-state index < -0.39 is 23.2 Å². The first-order valence-corrected chi connectivity index (χ1v) is 10.3. The largest absolute Gasteiger partial charge is 0.424 e. The Bertz CT molecular complexity index is 1180. The molecule has 3 aromatic rings. The fraction of sp³-hybridized carbons (Fsp3) is 0.125. The summed E-state index contributed by atoms with van der Waals surface area (Å²) < 4.78 is 6.30. The number of esters is 1. The van der Waals surface area contributed by atoms with Crippen molar-refractivity contribution in [3.8, 4) is 5.75 Å². The molecule has 2 aliphatic rings. The molecule has 0 saturated carbocycles. The summed E-state index contributed by atoms with van der Waals surface area (Å²) >= 11 is 3.44. The normalized spacial score (nSPS) is 22.9. The minimum absolute atomic E-state index is 0.0797. The van der Waals surface area contributed by atoms with Gasteiger partial charge in [-0.1, -0.05) is 60.7 Å². The average molecular weight is 462 g/mol. The second-order valence-corrected chi connectivity index (χ2v) is 8.19. The molecule has 148 valence electrons. The van der Waals surface area contributed by atoms with Crippen LogP contribution in [0.5, 0.6) is 5.75 Å². The molecule has 6 heteroatoms. The van der Waals surface area contributed by atoms with Crippen molar-refractivity contribution in [3.63, 3.8) is 0 Å². The predicted octanol–water partition coefficient (Wildman–Crippen LogP) is 4.23. The quantitative estimate of drug-likeness (QED) is 0.332. The lowest BCUT2D eigenvalue weighted by atomic mass is 9.66. The number of halogens is 1. The fourth-order valence-corrected chi connectivity index (χ4v) is 4.98. The number of benzene rings is 3. The number of carbonyl (C=O) groups is 3. The average Bonchev–Trinajstić information content (AvgIpc) is 3.23. The van der Waals surface area contributed by atoms with E-state index in [1.807, 2.05) is 24.3 Å². The van der Waals surface area contributed by atoms with Crippen molar-refractivity contribution in [2.45, 2.75) is 11.8 Å². The van der Waals surface area contributed by atoms with E-state index >= 15 is 0 Å². The number of rotatable bonds is 3. The smallest absolute Gasteiger partial charge is 0.327 e. The van der Waals surface area contributed by atoms with Gasteiger partial charge in [0.1, 0.15) is 11.2 Å². The molecule has 0 aromatic heterocycles.